The maximum Gasteiger partial charge on any atom is 0.231 e. The van der Waals surface area contributed by atoms with Gasteiger partial charge >= 0.3 is 0 Å². The summed E-state index contributed by atoms with van der Waals surface area (Å²) in [5.74, 6) is 0. The fourth-order valence-corrected chi connectivity index (χ4v) is 0.500. The SMILES string of the molecule is C.C.C.C.CCCCCC.N=C=O.N=C=O. The molecule has 0 heterocycles. The van der Waals surface area contributed by atoms with Crippen LogP contribution in [0.3, 0.4) is 0 Å². The molecule has 0 aromatic carbocycles. The minimum Gasteiger partial charge on any atom is -0.222 e. The first kappa shape index (κ1) is 46.4. The molecule has 0 atom stereocenters. The highest BCUT2D eigenvalue weighted by Crippen LogP contribution is 1.95. The van der Waals surface area contributed by atoms with E-state index in [0.29, 0.717) is 0 Å². The molecular weight excluding hydrogens is 204 g/mol. The first-order valence-corrected chi connectivity index (χ1v) is 3.82. The van der Waals surface area contributed by atoms with Gasteiger partial charge in [-0.1, -0.05) is 69.2 Å². The van der Waals surface area contributed by atoms with Crippen LogP contribution in [0.5, 0.6) is 0 Å². The van der Waals surface area contributed by atoms with E-state index in [-0.39, 0.29) is 29.7 Å². The number of rotatable bonds is 3. The Morgan fingerprint density at radius 1 is 0.750 bits per heavy atom. The molecule has 0 unspecified atom stereocenters. The van der Waals surface area contributed by atoms with E-state index < -0.39 is 0 Å². The fraction of sp³-hybridized carbons (Fsp3) is 0.833. The molecule has 0 spiro atoms. The van der Waals surface area contributed by atoms with Crippen LogP contribution in [-0.2, 0) is 9.59 Å². The Morgan fingerprint density at radius 2 is 0.875 bits per heavy atom. The van der Waals surface area contributed by atoms with Gasteiger partial charge in [0.25, 0.3) is 0 Å². The van der Waals surface area contributed by atoms with Gasteiger partial charge in [0, 0.05) is 0 Å². The molecule has 2 N–H and O–H groups in total. The van der Waals surface area contributed by atoms with E-state index >= 15 is 0 Å². The molecule has 4 heteroatoms. The molecule has 102 valence electrons. The molecule has 0 bridgehead atoms. The predicted octanol–water partition coefficient (Wildman–Crippen LogP) is 4.93. The van der Waals surface area contributed by atoms with Gasteiger partial charge in [-0.25, -0.2) is 20.4 Å². The van der Waals surface area contributed by atoms with Crippen molar-refractivity contribution in [3.63, 3.8) is 0 Å². The molecular formula is C12H32N2O2. The van der Waals surface area contributed by atoms with Crippen LogP contribution < -0.4 is 0 Å². The topological polar surface area (TPSA) is 81.8 Å². The number of hydrogen-bond donors (Lipinski definition) is 2. The summed E-state index contributed by atoms with van der Waals surface area (Å²) >= 11 is 0. The van der Waals surface area contributed by atoms with Gasteiger partial charge in [0.15, 0.2) is 0 Å². The van der Waals surface area contributed by atoms with E-state index in [4.69, 9.17) is 20.4 Å². The molecule has 0 saturated carbocycles. The van der Waals surface area contributed by atoms with Crippen molar-refractivity contribution in [3.8, 4) is 0 Å². The summed E-state index contributed by atoms with van der Waals surface area (Å²) in [6.45, 7) is 4.46. The molecule has 0 radical (unpaired) electrons. The van der Waals surface area contributed by atoms with Gasteiger partial charge < -0.3 is 0 Å². The van der Waals surface area contributed by atoms with Crippen molar-refractivity contribution >= 4 is 12.2 Å². The lowest BCUT2D eigenvalue weighted by Crippen LogP contribution is -1.66. The smallest absolute Gasteiger partial charge is 0.222 e. The summed E-state index contributed by atoms with van der Waals surface area (Å²) in [6, 6.07) is 0. The van der Waals surface area contributed by atoms with Crippen molar-refractivity contribution in [3.05, 3.63) is 0 Å². The van der Waals surface area contributed by atoms with Gasteiger partial charge in [0.1, 0.15) is 0 Å². The average molecular weight is 236 g/mol. The quantitative estimate of drug-likeness (QED) is 0.413. The zero-order valence-corrected chi connectivity index (χ0v) is 7.64. The number of isocyanates is 2. The molecule has 0 aliphatic heterocycles. The van der Waals surface area contributed by atoms with E-state index in [1.165, 1.54) is 25.7 Å². The largest absolute Gasteiger partial charge is 0.231 e. The van der Waals surface area contributed by atoms with Crippen LogP contribution in [0.4, 0.5) is 0 Å². The lowest BCUT2D eigenvalue weighted by molar-refractivity contribution is 0.562. The second-order valence-electron chi connectivity index (χ2n) is 1.91. The predicted molar refractivity (Wildman–Crippen MR) is 73.6 cm³/mol. The number of carbonyl (C=O) groups excluding carboxylic acids is 2. The molecule has 16 heavy (non-hydrogen) atoms. The maximum atomic E-state index is 8.35. The monoisotopic (exact) mass is 236 g/mol. The number of hydrogen-bond acceptors (Lipinski definition) is 4. The van der Waals surface area contributed by atoms with Gasteiger partial charge in [-0.3, -0.25) is 0 Å². The summed E-state index contributed by atoms with van der Waals surface area (Å²) in [6.07, 6.45) is 7.04. The number of unbranched alkanes of at least 4 members (excludes halogenated alkanes) is 3. The van der Waals surface area contributed by atoms with E-state index in [9.17, 15) is 0 Å². The van der Waals surface area contributed by atoms with Crippen LogP contribution in [0.25, 0.3) is 0 Å². The third-order valence-electron chi connectivity index (χ3n) is 0.957. The highest BCUT2D eigenvalue weighted by atomic mass is 16.1. The second kappa shape index (κ2) is 98.9. The average Bonchev–Trinajstić information content (AvgIpc) is 2.04. The number of nitrogens with one attached hydrogen (secondary N) is 2. The van der Waals surface area contributed by atoms with Crippen molar-refractivity contribution < 1.29 is 9.59 Å². The van der Waals surface area contributed by atoms with Crippen LogP contribution in [-0.4, -0.2) is 12.2 Å². The Kier molecular flexibility index (Phi) is 287. The molecule has 0 aromatic heterocycles. The molecule has 0 aliphatic rings. The summed E-state index contributed by atoms with van der Waals surface area (Å²) < 4.78 is 0. The highest BCUT2D eigenvalue weighted by Gasteiger charge is 1.75. The summed E-state index contributed by atoms with van der Waals surface area (Å²) in [5, 5.41) is 10.8. The fourth-order valence-electron chi connectivity index (χ4n) is 0.500. The third kappa shape index (κ3) is 570. The maximum absolute atomic E-state index is 8.35. The van der Waals surface area contributed by atoms with Crippen LogP contribution >= 0.6 is 0 Å². The zero-order valence-electron chi connectivity index (χ0n) is 7.64. The second-order valence-corrected chi connectivity index (χ2v) is 1.91. The Hall–Kier alpha value is -1.24. The van der Waals surface area contributed by atoms with E-state index in [1.54, 1.807) is 0 Å². The van der Waals surface area contributed by atoms with E-state index in [0.717, 1.165) is 12.2 Å². The first-order chi connectivity index (χ1) is 5.74. The lowest BCUT2D eigenvalue weighted by atomic mass is 10.2. The van der Waals surface area contributed by atoms with Gasteiger partial charge in [-0.05, 0) is 0 Å². The summed E-state index contributed by atoms with van der Waals surface area (Å²) in [7, 11) is 0. The molecule has 0 aliphatic carbocycles. The Bertz CT molecular complexity index is 109. The van der Waals surface area contributed by atoms with Crippen molar-refractivity contribution in [1.82, 2.24) is 0 Å². The van der Waals surface area contributed by atoms with Crippen molar-refractivity contribution in [2.24, 2.45) is 0 Å². The standard InChI is InChI=1S/C6H14.2CHNO.4CH4/c1-3-5-6-4-2;2*2-1-3;;;;/h3-6H2,1-2H3;2*2H;4*1H4. The molecule has 0 aromatic rings. The highest BCUT2D eigenvalue weighted by molar-refractivity contribution is 5.26. The molecule has 0 rings (SSSR count). The Balaban J connectivity index is -0.0000000145. The minimum atomic E-state index is 0. The van der Waals surface area contributed by atoms with Crippen LogP contribution in [0.15, 0.2) is 0 Å². The van der Waals surface area contributed by atoms with E-state index in [1.807, 2.05) is 0 Å². The van der Waals surface area contributed by atoms with E-state index in [2.05, 4.69) is 13.8 Å². The van der Waals surface area contributed by atoms with Crippen LogP contribution in [0, 0.1) is 10.8 Å². The van der Waals surface area contributed by atoms with Crippen LogP contribution in [0.1, 0.15) is 69.2 Å². The molecule has 0 amide bonds. The molecule has 4 nitrogen and oxygen atoms in total. The molecule has 0 fully saturated rings. The molecule has 0 saturated heterocycles. The Morgan fingerprint density at radius 3 is 0.938 bits per heavy atom. The van der Waals surface area contributed by atoms with Gasteiger partial charge in [-0.2, -0.15) is 0 Å². The normalized spacial score (nSPS) is 4.38. The van der Waals surface area contributed by atoms with Crippen molar-refractivity contribution in [1.29, 1.82) is 10.8 Å². The summed E-state index contributed by atoms with van der Waals surface area (Å²) in [5.41, 5.74) is 0. The minimum absolute atomic E-state index is 0. The van der Waals surface area contributed by atoms with Gasteiger partial charge in [0.2, 0.25) is 12.2 Å². The lowest BCUT2D eigenvalue weighted by Gasteiger charge is -1.86. The third-order valence-corrected chi connectivity index (χ3v) is 0.957. The van der Waals surface area contributed by atoms with Gasteiger partial charge in [-0.15, -0.1) is 0 Å². The van der Waals surface area contributed by atoms with Gasteiger partial charge in [0.05, 0.1) is 0 Å². The Labute approximate surface area is 102 Å². The van der Waals surface area contributed by atoms with Crippen molar-refractivity contribution in [2.45, 2.75) is 69.2 Å². The summed E-state index contributed by atoms with van der Waals surface area (Å²) in [4.78, 5) is 16.7. The van der Waals surface area contributed by atoms with Crippen molar-refractivity contribution in [2.75, 3.05) is 0 Å². The zero-order chi connectivity index (χ0) is 10.2. The van der Waals surface area contributed by atoms with Crippen LogP contribution in [0.2, 0.25) is 0 Å². The first-order valence-electron chi connectivity index (χ1n) is 3.82.